The summed E-state index contributed by atoms with van der Waals surface area (Å²) in [6.07, 6.45) is 3.96. The van der Waals surface area contributed by atoms with Gasteiger partial charge in [0.1, 0.15) is 4.75 Å². The van der Waals surface area contributed by atoms with Crippen LogP contribution in [0.25, 0.3) is 6.08 Å². The highest BCUT2D eigenvalue weighted by Crippen LogP contribution is 2.39. The first kappa shape index (κ1) is 10.4. The van der Waals surface area contributed by atoms with Crippen molar-refractivity contribution in [2.75, 3.05) is 0 Å². The zero-order chi connectivity index (χ0) is 11.1. The molecule has 0 aliphatic heterocycles. The maximum Gasteiger partial charge on any atom is 0.274 e. The average molecular weight is 224 g/mol. The number of allylic oxidation sites excluding steroid dienone is 1. The highest BCUT2D eigenvalue weighted by Gasteiger charge is 2.41. The molecule has 1 aromatic carbocycles. The Balaban J connectivity index is 2.71. The third-order valence-electron chi connectivity index (χ3n) is 2.90. The first-order valence-corrected chi connectivity index (χ1v) is 6.12. The maximum absolute atomic E-state index is 11.4. The molecule has 4 heteroatoms. The topological polar surface area (TPSA) is 54.4 Å². The van der Waals surface area contributed by atoms with Gasteiger partial charge in [0.25, 0.3) is 10.1 Å². The van der Waals surface area contributed by atoms with Crippen molar-refractivity contribution in [1.82, 2.24) is 0 Å². The molecule has 0 spiro atoms. The molecule has 0 fully saturated rings. The number of hydrogen-bond donors (Lipinski definition) is 1. The smallest absolute Gasteiger partial charge is 0.274 e. The highest BCUT2D eigenvalue weighted by atomic mass is 32.2. The molecule has 0 bridgehead atoms. The van der Waals surface area contributed by atoms with E-state index >= 15 is 0 Å². The van der Waals surface area contributed by atoms with Crippen LogP contribution in [0.15, 0.2) is 30.3 Å². The van der Waals surface area contributed by atoms with Crippen molar-refractivity contribution in [3.63, 3.8) is 0 Å². The molecule has 1 aliphatic rings. The van der Waals surface area contributed by atoms with Gasteiger partial charge < -0.3 is 0 Å². The Labute approximate surface area is 89.2 Å². The monoisotopic (exact) mass is 224 g/mol. The van der Waals surface area contributed by atoms with Crippen molar-refractivity contribution >= 4 is 16.2 Å². The fraction of sp³-hybridized carbons (Fsp3) is 0.273. The van der Waals surface area contributed by atoms with Crippen LogP contribution in [-0.2, 0) is 14.9 Å². The van der Waals surface area contributed by atoms with E-state index in [0.717, 1.165) is 5.56 Å². The summed E-state index contributed by atoms with van der Waals surface area (Å²) in [7, 11) is -4.09. The molecule has 0 aromatic heterocycles. The van der Waals surface area contributed by atoms with E-state index in [4.69, 9.17) is 0 Å². The van der Waals surface area contributed by atoms with Gasteiger partial charge in [-0.2, -0.15) is 8.42 Å². The number of rotatable bonds is 1. The second-order valence-corrected chi connectivity index (χ2v) is 5.75. The van der Waals surface area contributed by atoms with Crippen molar-refractivity contribution in [2.24, 2.45) is 0 Å². The van der Waals surface area contributed by atoms with Gasteiger partial charge in [-0.25, -0.2) is 0 Å². The molecule has 80 valence electrons. The maximum atomic E-state index is 11.4. The van der Waals surface area contributed by atoms with Gasteiger partial charge in [0.05, 0.1) is 0 Å². The lowest BCUT2D eigenvalue weighted by Crippen LogP contribution is -2.33. The highest BCUT2D eigenvalue weighted by molar-refractivity contribution is 7.86. The molecule has 1 atom stereocenters. The summed E-state index contributed by atoms with van der Waals surface area (Å²) in [5, 5.41) is 0. The number of hydrogen-bond acceptors (Lipinski definition) is 2. The van der Waals surface area contributed by atoms with E-state index in [9.17, 15) is 13.0 Å². The molecule has 0 heterocycles. The summed E-state index contributed by atoms with van der Waals surface area (Å²) in [6, 6.07) is 7.21. The molecule has 2 rings (SSSR count). The summed E-state index contributed by atoms with van der Waals surface area (Å²) in [5.74, 6) is 0. The first-order valence-electron chi connectivity index (χ1n) is 4.68. The van der Waals surface area contributed by atoms with Crippen LogP contribution in [0.3, 0.4) is 0 Å². The normalized spacial score (nSPS) is 24.9. The van der Waals surface area contributed by atoms with Crippen LogP contribution in [-0.4, -0.2) is 13.0 Å². The molecule has 15 heavy (non-hydrogen) atoms. The van der Waals surface area contributed by atoms with E-state index in [-0.39, 0.29) is 0 Å². The van der Waals surface area contributed by atoms with Crippen molar-refractivity contribution in [2.45, 2.75) is 18.1 Å². The van der Waals surface area contributed by atoms with E-state index in [0.29, 0.717) is 12.0 Å². The lowest BCUT2D eigenvalue weighted by atomic mass is 9.88. The minimum Gasteiger partial charge on any atom is -0.285 e. The molecule has 1 aliphatic carbocycles. The number of fused-ring (bicyclic) bond motifs is 1. The average Bonchev–Trinajstić information content (AvgIpc) is 2.17. The minimum absolute atomic E-state index is 0.308. The van der Waals surface area contributed by atoms with Gasteiger partial charge in [-0.05, 0) is 24.5 Å². The Kier molecular flexibility index (Phi) is 2.20. The lowest BCUT2D eigenvalue weighted by molar-refractivity contribution is 0.435. The molecular formula is C11H12O3S. The third kappa shape index (κ3) is 1.50. The van der Waals surface area contributed by atoms with Crippen LogP contribution in [0.1, 0.15) is 24.5 Å². The summed E-state index contributed by atoms with van der Waals surface area (Å²) in [4.78, 5) is 0. The quantitative estimate of drug-likeness (QED) is 0.744. The van der Waals surface area contributed by atoms with E-state index in [1.807, 2.05) is 18.2 Å². The van der Waals surface area contributed by atoms with E-state index in [1.54, 1.807) is 25.1 Å². The van der Waals surface area contributed by atoms with Crippen LogP contribution in [0, 0.1) is 0 Å². The van der Waals surface area contributed by atoms with Gasteiger partial charge in [-0.1, -0.05) is 36.4 Å². The molecule has 0 amide bonds. The molecule has 0 saturated heterocycles. The van der Waals surface area contributed by atoms with Gasteiger partial charge in [0, 0.05) is 0 Å². The molecule has 3 nitrogen and oxygen atoms in total. The van der Waals surface area contributed by atoms with E-state index in [1.165, 1.54) is 0 Å². The van der Waals surface area contributed by atoms with Crippen molar-refractivity contribution in [3.05, 3.63) is 41.5 Å². The van der Waals surface area contributed by atoms with Crippen LogP contribution in [0.2, 0.25) is 0 Å². The van der Waals surface area contributed by atoms with Gasteiger partial charge in [-0.3, -0.25) is 4.55 Å². The van der Waals surface area contributed by atoms with Gasteiger partial charge in [0.2, 0.25) is 0 Å². The Morgan fingerprint density at radius 1 is 1.33 bits per heavy atom. The Hall–Kier alpha value is -1.13. The van der Waals surface area contributed by atoms with Crippen LogP contribution in [0.5, 0.6) is 0 Å². The molecule has 1 unspecified atom stereocenters. The molecular weight excluding hydrogens is 212 g/mol. The minimum atomic E-state index is -4.09. The van der Waals surface area contributed by atoms with Crippen molar-refractivity contribution in [1.29, 1.82) is 0 Å². The molecule has 1 aromatic rings. The largest absolute Gasteiger partial charge is 0.285 e. The first-order chi connectivity index (χ1) is 6.95. The van der Waals surface area contributed by atoms with Crippen molar-refractivity contribution in [3.8, 4) is 0 Å². The Morgan fingerprint density at radius 2 is 2.00 bits per heavy atom. The van der Waals surface area contributed by atoms with Crippen molar-refractivity contribution < 1.29 is 13.0 Å². The van der Waals surface area contributed by atoms with Crippen LogP contribution < -0.4 is 0 Å². The molecule has 0 radical (unpaired) electrons. The zero-order valence-electron chi connectivity index (χ0n) is 8.34. The second kappa shape index (κ2) is 3.18. The number of benzene rings is 1. The predicted octanol–water partition coefficient (Wildman–Crippen LogP) is 2.21. The Morgan fingerprint density at radius 3 is 2.67 bits per heavy atom. The standard InChI is InChI=1S/C11H12O3S/c1-11(15(12,13)14)8-4-6-9-5-2-3-7-10(9)11/h2-7H,8H2,1H3,(H,12,13,14). The fourth-order valence-corrected chi connectivity index (χ4v) is 2.66. The van der Waals surface area contributed by atoms with Gasteiger partial charge >= 0.3 is 0 Å². The summed E-state index contributed by atoms with van der Waals surface area (Å²) in [6.45, 7) is 1.55. The van der Waals surface area contributed by atoms with E-state index in [2.05, 4.69) is 0 Å². The third-order valence-corrected chi connectivity index (χ3v) is 4.43. The zero-order valence-corrected chi connectivity index (χ0v) is 9.16. The van der Waals surface area contributed by atoms with Crippen LogP contribution >= 0.6 is 0 Å². The van der Waals surface area contributed by atoms with Gasteiger partial charge in [-0.15, -0.1) is 0 Å². The molecule has 0 saturated carbocycles. The lowest BCUT2D eigenvalue weighted by Gasteiger charge is -2.29. The summed E-state index contributed by atoms with van der Waals surface area (Å²) < 4.78 is 30.9. The molecule has 1 N–H and O–H groups in total. The van der Waals surface area contributed by atoms with Gasteiger partial charge in [0.15, 0.2) is 0 Å². The second-order valence-electron chi connectivity index (χ2n) is 3.90. The van der Waals surface area contributed by atoms with Crippen LogP contribution in [0.4, 0.5) is 0 Å². The predicted molar refractivity (Wildman–Crippen MR) is 59.0 cm³/mol. The van der Waals surface area contributed by atoms with E-state index < -0.39 is 14.9 Å². The summed E-state index contributed by atoms with van der Waals surface area (Å²) >= 11 is 0. The Bertz CT molecular complexity index is 516. The SMILES string of the molecule is CC1(S(=O)(=O)O)CC=Cc2ccccc21. The fourth-order valence-electron chi connectivity index (χ4n) is 1.89. The summed E-state index contributed by atoms with van der Waals surface area (Å²) in [5.41, 5.74) is 1.51.